The number of aliphatic imine (C=N–C) groups is 1. The highest BCUT2D eigenvalue weighted by molar-refractivity contribution is 8.14. The van der Waals surface area contributed by atoms with Gasteiger partial charge >= 0.3 is 5.97 Å². The standard InChI is InChI=1S/C24H30N2O2S2/c1-17-7-12-21(30-17)15-26(14-13-23(27)28)24-25-22(16-29-24)20-10-8-19(9-11-20)18-5-3-2-4-6-18/h2-7,12,19-20,22H,8-11,13-16H2,1H3,(H,27,28). The largest absolute Gasteiger partial charge is 0.481 e. The van der Waals surface area contributed by atoms with Gasteiger partial charge in [-0.15, -0.1) is 11.3 Å². The number of amidine groups is 1. The Morgan fingerprint density at radius 2 is 1.90 bits per heavy atom. The molecule has 2 heterocycles. The zero-order chi connectivity index (χ0) is 20.9. The Kier molecular flexibility index (Phi) is 7.16. The highest BCUT2D eigenvalue weighted by Crippen LogP contribution is 2.40. The minimum Gasteiger partial charge on any atom is -0.481 e. The summed E-state index contributed by atoms with van der Waals surface area (Å²) in [7, 11) is 0. The lowest BCUT2D eigenvalue weighted by Gasteiger charge is -2.31. The van der Waals surface area contributed by atoms with E-state index in [1.807, 2.05) is 11.8 Å². The molecule has 1 aromatic heterocycles. The van der Waals surface area contributed by atoms with E-state index in [1.165, 1.54) is 41.0 Å². The number of thiophene rings is 1. The Hall–Kier alpha value is -1.79. The number of rotatable bonds is 7. The SMILES string of the molecule is Cc1ccc(CN(CCC(=O)O)C2=NC(C3CCC(c4ccccc4)CC3)CS2)s1. The van der Waals surface area contributed by atoms with Crippen LogP contribution in [0.15, 0.2) is 47.5 Å². The van der Waals surface area contributed by atoms with Crippen LogP contribution in [0.3, 0.4) is 0 Å². The second-order valence-electron chi connectivity index (χ2n) is 8.39. The summed E-state index contributed by atoms with van der Waals surface area (Å²) in [5, 5.41) is 10.2. The maximum absolute atomic E-state index is 11.2. The second kappa shape index (κ2) is 10.0. The molecule has 4 rings (SSSR count). The molecule has 1 aliphatic carbocycles. The molecule has 30 heavy (non-hydrogen) atoms. The molecule has 0 bridgehead atoms. The molecular formula is C24H30N2O2S2. The average molecular weight is 443 g/mol. The van der Waals surface area contributed by atoms with Gasteiger partial charge in [-0.1, -0.05) is 42.1 Å². The predicted octanol–water partition coefficient (Wildman–Crippen LogP) is 5.78. The highest BCUT2D eigenvalue weighted by atomic mass is 32.2. The van der Waals surface area contributed by atoms with Crippen LogP contribution in [-0.2, 0) is 11.3 Å². The topological polar surface area (TPSA) is 52.9 Å². The van der Waals surface area contributed by atoms with Crippen molar-refractivity contribution < 1.29 is 9.90 Å². The van der Waals surface area contributed by atoms with E-state index in [2.05, 4.69) is 54.3 Å². The minimum atomic E-state index is -0.748. The van der Waals surface area contributed by atoms with E-state index >= 15 is 0 Å². The number of hydrogen-bond acceptors (Lipinski definition) is 5. The molecule has 1 saturated carbocycles. The molecule has 1 N–H and O–H groups in total. The van der Waals surface area contributed by atoms with Gasteiger partial charge in [-0.2, -0.15) is 0 Å². The van der Waals surface area contributed by atoms with Crippen LogP contribution in [0.2, 0.25) is 0 Å². The molecule has 1 aromatic carbocycles. The molecule has 2 aliphatic rings. The van der Waals surface area contributed by atoms with E-state index in [0.717, 1.165) is 17.5 Å². The Balaban J connectivity index is 1.38. The summed E-state index contributed by atoms with van der Waals surface area (Å²) < 4.78 is 0. The van der Waals surface area contributed by atoms with E-state index in [9.17, 15) is 9.90 Å². The predicted molar refractivity (Wildman–Crippen MR) is 127 cm³/mol. The summed E-state index contributed by atoms with van der Waals surface area (Å²) in [6.45, 7) is 3.38. The summed E-state index contributed by atoms with van der Waals surface area (Å²) >= 11 is 3.60. The third-order valence-electron chi connectivity index (χ3n) is 6.26. The molecule has 0 amide bonds. The Morgan fingerprint density at radius 1 is 1.13 bits per heavy atom. The van der Waals surface area contributed by atoms with Crippen LogP contribution in [0.1, 0.15) is 53.3 Å². The van der Waals surface area contributed by atoms with Gasteiger partial charge in [-0.3, -0.25) is 9.79 Å². The van der Waals surface area contributed by atoms with E-state index < -0.39 is 5.97 Å². The van der Waals surface area contributed by atoms with Gasteiger partial charge < -0.3 is 10.0 Å². The van der Waals surface area contributed by atoms with Gasteiger partial charge in [0.1, 0.15) is 0 Å². The molecule has 0 spiro atoms. The summed E-state index contributed by atoms with van der Waals surface area (Å²) in [4.78, 5) is 21.0. The van der Waals surface area contributed by atoms with Crippen LogP contribution in [0.4, 0.5) is 0 Å². The highest BCUT2D eigenvalue weighted by Gasteiger charge is 2.32. The number of carboxylic acid groups (broad SMARTS) is 1. The number of carboxylic acids is 1. The smallest absolute Gasteiger partial charge is 0.305 e. The first-order chi connectivity index (χ1) is 14.6. The second-order valence-corrected chi connectivity index (χ2v) is 10.7. The normalized spacial score (nSPS) is 23.9. The number of aryl methyl sites for hydroxylation is 1. The number of nitrogens with zero attached hydrogens (tertiary/aromatic N) is 2. The van der Waals surface area contributed by atoms with E-state index in [1.54, 1.807) is 11.3 Å². The average Bonchev–Trinajstić information content (AvgIpc) is 3.41. The van der Waals surface area contributed by atoms with Gasteiger partial charge in [0.15, 0.2) is 5.17 Å². The molecule has 6 heteroatoms. The van der Waals surface area contributed by atoms with Crippen LogP contribution in [0.25, 0.3) is 0 Å². The first kappa shape index (κ1) is 21.4. The van der Waals surface area contributed by atoms with Gasteiger partial charge in [-0.05, 0) is 62.1 Å². The maximum atomic E-state index is 11.2. The van der Waals surface area contributed by atoms with Crippen molar-refractivity contribution in [1.29, 1.82) is 0 Å². The molecule has 2 aromatic rings. The lowest BCUT2D eigenvalue weighted by atomic mass is 9.76. The van der Waals surface area contributed by atoms with Crippen molar-refractivity contribution in [2.45, 2.75) is 57.5 Å². The first-order valence-corrected chi connectivity index (χ1v) is 12.7. The van der Waals surface area contributed by atoms with Crippen molar-refractivity contribution in [3.8, 4) is 0 Å². The summed E-state index contributed by atoms with van der Waals surface area (Å²) in [6.07, 6.45) is 5.12. The number of hydrogen-bond donors (Lipinski definition) is 1. The van der Waals surface area contributed by atoms with Crippen LogP contribution < -0.4 is 0 Å². The molecule has 0 radical (unpaired) electrons. The fourth-order valence-electron chi connectivity index (χ4n) is 4.58. The van der Waals surface area contributed by atoms with Crippen LogP contribution >= 0.6 is 23.1 Å². The minimum absolute atomic E-state index is 0.150. The Labute approximate surface area is 187 Å². The van der Waals surface area contributed by atoms with Crippen molar-refractivity contribution in [3.63, 3.8) is 0 Å². The van der Waals surface area contributed by atoms with Gasteiger partial charge in [0.05, 0.1) is 19.0 Å². The molecule has 160 valence electrons. The number of benzene rings is 1. The van der Waals surface area contributed by atoms with Crippen LogP contribution in [0.5, 0.6) is 0 Å². The van der Waals surface area contributed by atoms with Crippen molar-refractivity contribution in [2.24, 2.45) is 10.9 Å². The third-order valence-corrected chi connectivity index (χ3v) is 8.37. The van der Waals surface area contributed by atoms with Crippen LogP contribution in [-0.4, -0.2) is 39.5 Å². The third kappa shape index (κ3) is 5.46. The van der Waals surface area contributed by atoms with Crippen molar-refractivity contribution in [3.05, 3.63) is 57.8 Å². The van der Waals surface area contributed by atoms with E-state index in [-0.39, 0.29) is 6.42 Å². The quantitative estimate of drug-likeness (QED) is 0.591. The zero-order valence-electron chi connectivity index (χ0n) is 17.5. The number of aliphatic carboxylic acids is 1. The fourth-order valence-corrected chi connectivity index (χ4v) is 6.71. The molecule has 4 nitrogen and oxygen atoms in total. The maximum Gasteiger partial charge on any atom is 0.305 e. The molecule has 1 unspecified atom stereocenters. The number of thioether (sulfide) groups is 1. The lowest BCUT2D eigenvalue weighted by molar-refractivity contribution is -0.137. The Bertz CT molecular complexity index is 872. The first-order valence-electron chi connectivity index (χ1n) is 10.9. The van der Waals surface area contributed by atoms with Crippen molar-refractivity contribution in [2.75, 3.05) is 12.3 Å². The summed E-state index contributed by atoms with van der Waals surface area (Å²) in [5.74, 6) is 1.62. The van der Waals surface area contributed by atoms with Crippen LogP contribution in [0, 0.1) is 12.8 Å². The van der Waals surface area contributed by atoms with Gasteiger partial charge in [0, 0.05) is 22.1 Å². The summed E-state index contributed by atoms with van der Waals surface area (Å²) in [6, 6.07) is 15.6. The van der Waals surface area contributed by atoms with E-state index in [0.29, 0.717) is 24.4 Å². The molecule has 1 aliphatic heterocycles. The monoisotopic (exact) mass is 442 g/mol. The van der Waals surface area contributed by atoms with Gasteiger partial charge in [0.25, 0.3) is 0 Å². The van der Waals surface area contributed by atoms with Crippen molar-refractivity contribution >= 4 is 34.2 Å². The van der Waals surface area contributed by atoms with Gasteiger partial charge in [0.2, 0.25) is 0 Å². The summed E-state index contributed by atoms with van der Waals surface area (Å²) in [5.41, 5.74) is 1.48. The fraction of sp³-hybridized carbons (Fsp3) is 0.500. The molecular weight excluding hydrogens is 412 g/mol. The van der Waals surface area contributed by atoms with Crippen molar-refractivity contribution in [1.82, 2.24) is 4.90 Å². The lowest BCUT2D eigenvalue weighted by Crippen LogP contribution is -2.30. The molecule has 0 saturated heterocycles. The van der Waals surface area contributed by atoms with Gasteiger partial charge in [-0.25, -0.2) is 0 Å². The molecule has 1 atom stereocenters. The van der Waals surface area contributed by atoms with E-state index in [4.69, 9.17) is 4.99 Å². The molecule has 1 fully saturated rings. The zero-order valence-corrected chi connectivity index (χ0v) is 19.1. The Morgan fingerprint density at radius 3 is 2.57 bits per heavy atom. The number of carbonyl (C=O) groups is 1.